The van der Waals surface area contributed by atoms with Crippen molar-refractivity contribution >= 4 is 5.97 Å². The number of rotatable bonds is 4. The first kappa shape index (κ1) is 22.3. The molecule has 1 aliphatic heterocycles. The molecule has 0 aliphatic carbocycles. The standard InChI is InChI=1S/C16H20N8.C2HF3O2/c1-13-9-18-20-24(13)11-15-16-12-22(7-4-8-23(16)21-19-15)10-14-5-2-3-6-17-14;3-2(4,5)1(6)7/h2-3,5-6,9H,4,7-8,10-12H2,1H3;(H,6,7). The molecular weight excluding hydrogens is 417 g/mol. The maximum atomic E-state index is 10.6. The summed E-state index contributed by atoms with van der Waals surface area (Å²) in [6.07, 6.45) is -0.418. The first-order valence-electron chi connectivity index (χ1n) is 9.42. The van der Waals surface area contributed by atoms with Crippen LogP contribution in [0.25, 0.3) is 0 Å². The number of pyridine rings is 1. The Bertz CT molecular complexity index is 1000. The predicted molar refractivity (Wildman–Crippen MR) is 101 cm³/mol. The lowest BCUT2D eigenvalue weighted by molar-refractivity contribution is -0.192. The zero-order valence-corrected chi connectivity index (χ0v) is 16.7. The second kappa shape index (κ2) is 9.64. The lowest BCUT2D eigenvalue weighted by atomic mass is 10.2. The third-order valence-corrected chi connectivity index (χ3v) is 4.60. The number of carbonyl (C=O) groups is 1. The van der Waals surface area contributed by atoms with Crippen molar-refractivity contribution in [3.63, 3.8) is 0 Å². The number of aliphatic carboxylic acids is 1. The number of aromatic nitrogens is 7. The van der Waals surface area contributed by atoms with E-state index in [-0.39, 0.29) is 0 Å². The first-order chi connectivity index (χ1) is 14.7. The van der Waals surface area contributed by atoms with Crippen molar-refractivity contribution in [1.29, 1.82) is 0 Å². The second-order valence-corrected chi connectivity index (χ2v) is 6.93. The Morgan fingerprint density at radius 1 is 1.19 bits per heavy atom. The maximum Gasteiger partial charge on any atom is 0.490 e. The second-order valence-electron chi connectivity index (χ2n) is 6.93. The number of halogens is 3. The number of carboxylic acid groups (broad SMARTS) is 1. The molecule has 0 aromatic carbocycles. The molecule has 1 aliphatic rings. The minimum Gasteiger partial charge on any atom is -0.475 e. The van der Waals surface area contributed by atoms with Crippen LogP contribution in [0.15, 0.2) is 30.6 Å². The van der Waals surface area contributed by atoms with Gasteiger partial charge in [0.05, 0.1) is 29.8 Å². The molecule has 0 atom stereocenters. The normalized spacial score (nSPS) is 14.3. The summed E-state index contributed by atoms with van der Waals surface area (Å²) in [6, 6.07) is 6.05. The van der Waals surface area contributed by atoms with E-state index >= 15 is 0 Å². The van der Waals surface area contributed by atoms with Crippen LogP contribution in [-0.4, -0.2) is 63.7 Å². The van der Waals surface area contributed by atoms with E-state index in [1.54, 1.807) is 6.20 Å². The van der Waals surface area contributed by atoms with Gasteiger partial charge in [-0.2, -0.15) is 13.2 Å². The monoisotopic (exact) mass is 438 g/mol. The van der Waals surface area contributed by atoms with Crippen molar-refractivity contribution in [3.8, 4) is 0 Å². The summed E-state index contributed by atoms with van der Waals surface area (Å²) in [5.74, 6) is -2.76. The molecule has 3 aromatic heterocycles. The summed E-state index contributed by atoms with van der Waals surface area (Å²) in [4.78, 5) is 15.7. The molecule has 4 heterocycles. The Hall–Kier alpha value is -3.35. The SMILES string of the molecule is Cc1cnnn1Cc1nnn2c1CN(Cc1ccccn1)CCC2.O=C(O)C(F)(F)F. The third-order valence-electron chi connectivity index (χ3n) is 4.60. The van der Waals surface area contributed by atoms with Crippen LogP contribution in [0.1, 0.15) is 29.2 Å². The Morgan fingerprint density at radius 3 is 2.58 bits per heavy atom. The molecular formula is C18H21F3N8O2. The Labute approximate surface area is 175 Å². The van der Waals surface area contributed by atoms with Gasteiger partial charge in [-0.1, -0.05) is 16.5 Å². The smallest absolute Gasteiger partial charge is 0.475 e. The number of fused-ring (bicyclic) bond motifs is 1. The van der Waals surface area contributed by atoms with Crippen LogP contribution >= 0.6 is 0 Å². The third kappa shape index (κ3) is 6.07. The van der Waals surface area contributed by atoms with E-state index in [1.165, 1.54) is 5.69 Å². The summed E-state index contributed by atoms with van der Waals surface area (Å²) in [5, 5.41) is 23.9. The Kier molecular flexibility index (Phi) is 6.95. The molecule has 0 amide bonds. The summed E-state index contributed by atoms with van der Waals surface area (Å²) in [7, 11) is 0. The molecule has 10 nitrogen and oxygen atoms in total. The number of aryl methyl sites for hydroxylation is 2. The van der Waals surface area contributed by atoms with Gasteiger partial charge in [-0.3, -0.25) is 9.88 Å². The van der Waals surface area contributed by atoms with E-state index in [0.29, 0.717) is 6.54 Å². The van der Waals surface area contributed by atoms with E-state index in [2.05, 4.69) is 36.6 Å². The summed E-state index contributed by atoms with van der Waals surface area (Å²) < 4.78 is 35.6. The van der Waals surface area contributed by atoms with Crippen LogP contribution in [0.5, 0.6) is 0 Å². The Morgan fingerprint density at radius 2 is 1.97 bits per heavy atom. The lowest BCUT2D eigenvalue weighted by Gasteiger charge is -2.19. The molecule has 1 N–H and O–H groups in total. The molecule has 166 valence electrons. The highest BCUT2D eigenvalue weighted by Gasteiger charge is 2.38. The van der Waals surface area contributed by atoms with Gasteiger partial charge in [-0.25, -0.2) is 14.2 Å². The fourth-order valence-corrected chi connectivity index (χ4v) is 3.04. The van der Waals surface area contributed by atoms with Crippen molar-refractivity contribution in [2.45, 2.75) is 45.7 Å². The molecule has 0 fully saturated rings. The fraction of sp³-hybridized carbons (Fsp3) is 0.444. The zero-order chi connectivity index (χ0) is 22.4. The van der Waals surface area contributed by atoms with Gasteiger partial charge in [-0.05, 0) is 25.5 Å². The number of hydrogen-bond acceptors (Lipinski definition) is 7. The summed E-state index contributed by atoms with van der Waals surface area (Å²) in [6.45, 7) is 6.20. The molecule has 0 unspecified atom stereocenters. The zero-order valence-electron chi connectivity index (χ0n) is 16.7. The fourth-order valence-electron chi connectivity index (χ4n) is 3.04. The minimum absolute atomic E-state index is 0.610. The van der Waals surface area contributed by atoms with E-state index in [9.17, 15) is 13.2 Å². The Balaban J connectivity index is 0.000000339. The molecule has 0 saturated heterocycles. The van der Waals surface area contributed by atoms with Crippen LogP contribution in [0.3, 0.4) is 0 Å². The van der Waals surface area contributed by atoms with Crippen LogP contribution in [-0.2, 0) is 31.0 Å². The van der Waals surface area contributed by atoms with Crippen molar-refractivity contribution < 1.29 is 23.1 Å². The van der Waals surface area contributed by atoms with Crippen molar-refractivity contribution in [2.75, 3.05) is 6.54 Å². The van der Waals surface area contributed by atoms with E-state index in [0.717, 1.165) is 49.7 Å². The van der Waals surface area contributed by atoms with Gasteiger partial charge in [-0.15, -0.1) is 10.2 Å². The number of nitrogens with zero attached hydrogens (tertiary/aromatic N) is 8. The molecule has 0 saturated carbocycles. The quantitative estimate of drug-likeness (QED) is 0.654. The lowest BCUT2D eigenvalue weighted by Crippen LogP contribution is -2.24. The van der Waals surface area contributed by atoms with Crippen molar-refractivity contribution in [3.05, 3.63) is 53.4 Å². The highest BCUT2D eigenvalue weighted by molar-refractivity contribution is 5.73. The van der Waals surface area contributed by atoms with E-state index in [4.69, 9.17) is 9.90 Å². The van der Waals surface area contributed by atoms with Crippen molar-refractivity contribution in [1.82, 2.24) is 39.9 Å². The largest absolute Gasteiger partial charge is 0.490 e. The van der Waals surface area contributed by atoms with Gasteiger partial charge in [0.25, 0.3) is 0 Å². The molecule has 0 spiro atoms. The topological polar surface area (TPSA) is 115 Å². The predicted octanol–water partition coefficient (Wildman–Crippen LogP) is 1.66. The average molecular weight is 438 g/mol. The van der Waals surface area contributed by atoms with Crippen LogP contribution < -0.4 is 0 Å². The highest BCUT2D eigenvalue weighted by atomic mass is 19.4. The summed E-state index contributed by atoms with van der Waals surface area (Å²) in [5.41, 5.74) is 4.25. The van der Waals surface area contributed by atoms with E-state index in [1.807, 2.05) is 34.6 Å². The van der Waals surface area contributed by atoms with Gasteiger partial charge in [0, 0.05) is 32.4 Å². The molecule has 0 bridgehead atoms. The van der Waals surface area contributed by atoms with Gasteiger partial charge >= 0.3 is 12.1 Å². The number of hydrogen-bond donors (Lipinski definition) is 1. The van der Waals surface area contributed by atoms with Crippen LogP contribution in [0.2, 0.25) is 0 Å². The number of alkyl halides is 3. The van der Waals surface area contributed by atoms with Crippen molar-refractivity contribution in [2.24, 2.45) is 0 Å². The first-order valence-corrected chi connectivity index (χ1v) is 9.42. The van der Waals surface area contributed by atoms with Gasteiger partial charge < -0.3 is 5.11 Å². The van der Waals surface area contributed by atoms with Gasteiger partial charge in [0.1, 0.15) is 5.69 Å². The highest BCUT2D eigenvalue weighted by Crippen LogP contribution is 2.17. The van der Waals surface area contributed by atoms with Gasteiger partial charge in [0.2, 0.25) is 0 Å². The maximum absolute atomic E-state index is 10.6. The molecule has 13 heteroatoms. The molecule has 4 rings (SSSR count). The van der Waals surface area contributed by atoms with Crippen LogP contribution in [0.4, 0.5) is 13.2 Å². The molecule has 3 aromatic rings. The number of carboxylic acids is 1. The molecule has 0 radical (unpaired) electrons. The minimum atomic E-state index is -5.08. The molecule has 31 heavy (non-hydrogen) atoms. The average Bonchev–Trinajstić information content (AvgIpc) is 3.23. The van der Waals surface area contributed by atoms with Crippen LogP contribution in [0, 0.1) is 6.92 Å². The summed E-state index contributed by atoms with van der Waals surface area (Å²) >= 11 is 0. The van der Waals surface area contributed by atoms with Gasteiger partial charge in [0.15, 0.2) is 0 Å². The van der Waals surface area contributed by atoms with E-state index < -0.39 is 12.1 Å².